The monoisotopic (exact) mass is 427 g/mol. The molecule has 1 aromatic carbocycles. The fraction of sp³-hybridized carbons (Fsp3) is 0.391. The van der Waals surface area contributed by atoms with Gasteiger partial charge in [-0.05, 0) is 62.7 Å². The number of rotatable bonds is 7. The fourth-order valence-electron chi connectivity index (χ4n) is 3.91. The number of benzene rings is 1. The summed E-state index contributed by atoms with van der Waals surface area (Å²) in [5.74, 6) is 0.521. The van der Waals surface area contributed by atoms with E-state index in [0.29, 0.717) is 17.8 Å². The quantitative estimate of drug-likeness (QED) is 0.592. The van der Waals surface area contributed by atoms with E-state index in [0.717, 1.165) is 35.1 Å². The second-order valence-corrected chi connectivity index (χ2v) is 8.75. The molecule has 0 radical (unpaired) electrons. The topological polar surface area (TPSA) is 58.4 Å². The Morgan fingerprint density at radius 3 is 2.70 bits per heavy atom. The van der Waals surface area contributed by atoms with Gasteiger partial charge in [-0.2, -0.15) is 0 Å². The first-order valence-electron chi connectivity index (χ1n) is 10.4. The van der Waals surface area contributed by atoms with E-state index >= 15 is 0 Å². The molecule has 0 spiro atoms. The molecule has 2 aromatic heterocycles. The number of hydrogen-bond donors (Lipinski definition) is 1. The summed E-state index contributed by atoms with van der Waals surface area (Å²) in [4.78, 5) is 20.5. The van der Waals surface area contributed by atoms with Crippen LogP contribution in [0.25, 0.3) is 0 Å². The van der Waals surface area contributed by atoms with Crippen molar-refractivity contribution in [2.24, 2.45) is 0 Å². The van der Waals surface area contributed by atoms with Gasteiger partial charge in [0.05, 0.1) is 23.0 Å². The van der Waals surface area contributed by atoms with Crippen LogP contribution in [-0.2, 0) is 6.42 Å². The fourth-order valence-corrected chi connectivity index (χ4v) is 4.92. The number of carbonyl (C=O) groups is 1. The third kappa shape index (κ3) is 4.96. The standard InChI is InChI=1S/C23H26FN3O2S/c1-16-22(30-21(26-16)14-17-7-9-18(24)10-8-17)23(28)25-15-19(20-6-5-13-29-20)27-11-3-2-4-12-27/h5-10,13,19H,2-4,11-12,14-15H2,1H3,(H,25,28). The lowest BCUT2D eigenvalue weighted by molar-refractivity contribution is 0.0917. The van der Waals surface area contributed by atoms with E-state index in [4.69, 9.17) is 4.42 Å². The Hall–Kier alpha value is -2.51. The maximum atomic E-state index is 13.1. The summed E-state index contributed by atoms with van der Waals surface area (Å²) >= 11 is 1.40. The molecule has 4 rings (SSSR count). The largest absolute Gasteiger partial charge is 0.468 e. The number of carbonyl (C=O) groups excluding carboxylic acids is 1. The number of nitrogens with one attached hydrogen (secondary N) is 1. The van der Waals surface area contributed by atoms with Crippen LogP contribution in [0.5, 0.6) is 0 Å². The predicted molar refractivity (Wildman–Crippen MR) is 115 cm³/mol. The third-order valence-corrected chi connectivity index (χ3v) is 6.63. The van der Waals surface area contributed by atoms with Crippen LogP contribution in [0.3, 0.4) is 0 Å². The molecule has 3 aromatic rings. The average molecular weight is 428 g/mol. The number of amides is 1. The third-order valence-electron chi connectivity index (χ3n) is 5.47. The van der Waals surface area contributed by atoms with Gasteiger partial charge in [-0.3, -0.25) is 9.69 Å². The maximum absolute atomic E-state index is 13.1. The molecule has 1 amide bonds. The second kappa shape index (κ2) is 9.53. The molecule has 1 aliphatic rings. The van der Waals surface area contributed by atoms with E-state index in [9.17, 15) is 9.18 Å². The van der Waals surface area contributed by atoms with Crippen LogP contribution in [0.4, 0.5) is 4.39 Å². The van der Waals surface area contributed by atoms with Crippen LogP contribution in [-0.4, -0.2) is 35.4 Å². The number of halogens is 1. The number of piperidine rings is 1. The first-order chi connectivity index (χ1) is 14.6. The molecule has 5 nitrogen and oxygen atoms in total. The first-order valence-corrected chi connectivity index (χ1v) is 11.2. The number of likely N-dealkylation sites (tertiary alicyclic amines) is 1. The average Bonchev–Trinajstić information content (AvgIpc) is 3.41. The van der Waals surface area contributed by atoms with Crippen LogP contribution in [0.1, 0.15) is 57.0 Å². The molecule has 30 heavy (non-hydrogen) atoms. The van der Waals surface area contributed by atoms with E-state index in [1.54, 1.807) is 18.4 Å². The Kier molecular flexibility index (Phi) is 6.59. The summed E-state index contributed by atoms with van der Waals surface area (Å²) in [6.07, 6.45) is 5.87. The zero-order valence-corrected chi connectivity index (χ0v) is 17.9. The van der Waals surface area contributed by atoms with Gasteiger partial charge in [0.1, 0.15) is 16.5 Å². The molecular formula is C23H26FN3O2S. The molecule has 1 unspecified atom stereocenters. The van der Waals surface area contributed by atoms with Crippen molar-refractivity contribution in [1.82, 2.24) is 15.2 Å². The van der Waals surface area contributed by atoms with Crippen molar-refractivity contribution in [3.63, 3.8) is 0 Å². The molecular weight excluding hydrogens is 401 g/mol. The van der Waals surface area contributed by atoms with Gasteiger partial charge in [-0.1, -0.05) is 18.6 Å². The van der Waals surface area contributed by atoms with Gasteiger partial charge < -0.3 is 9.73 Å². The normalized spacial score (nSPS) is 15.8. The Labute approximate surface area is 179 Å². The summed E-state index contributed by atoms with van der Waals surface area (Å²) < 4.78 is 18.8. The minimum absolute atomic E-state index is 0.0381. The minimum Gasteiger partial charge on any atom is -0.468 e. The highest BCUT2D eigenvalue weighted by molar-refractivity contribution is 7.13. The molecule has 1 aliphatic heterocycles. The van der Waals surface area contributed by atoms with E-state index in [1.807, 2.05) is 19.1 Å². The van der Waals surface area contributed by atoms with Crippen molar-refractivity contribution >= 4 is 17.2 Å². The predicted octanol–water partition coefficient (Wildman–Crippen LogP) is 4.73. The lowest BCUT2D eigenvalue weighted by Gasteiger charge is -2.33. The molecule has 1 N–H and O–H groups in total. The van der Waals surface area contributed by atoms with Crippen LogP contribution in [0, 0.1) is 12.7 Å². The molecule has 1 atom stereocenters. The summed E-state index contributed by atoms with van der Waals surface area (Å²) in [6.45, 7) is 4.39. The van der Waals surface area contributed by atoms with Gasteiger partial charge in [-0.15, -0.1) is 11.3 Å². The SMILES string of the molecule is Cc1nc(Cc2ccc(F)cc2)sc1C(=O)NCC(c1ccco1)N1CCCCC1. The maximum Gasteiger partial charge on any atom is 0.263 e. The summed E-state index contributed by atoms with van der Waals surface area (Å²) in [6, 6.07) is 10.3. The number of aryl methyl sites for hydroxylation is 1. The highest BCUT2D eigenvalue weighted by atomic mass is 32.1. The molecule has 158 valence electrons. The smallest absolute Gasteiger partial charge is 0.263 e. The van der Waals surface area contributed by atoms with Crippen molar-refractivity contribution in [2.75, 3.05) is 19.6 Å². The molecule has 1 saturated heterocycles. The van der Waals surface area contributed by atoms with Gasteiger partial charge >= 0.3 is 0 Å². The van der Waals surface area contributed by atoms with Gasteiger partial charge in [0.15, 0.2) is 0 Å². The molecule has 0 saturated carbocycles. The van der Waals surface area contributed by atoms with E-state index in [2.05, 4.69) is 15.2 Å². The van der Waals surface area contributed by atoms with Crippen LogP contribution < -0.4 is 5.32 Å². The summed E-state index contributed by atoms with van der Waals surface area (Å²) in [7, 11) is 0. The lowest BCUT2D eigenvalue weighted by Crippen LogP contribution is -2.40. The Morgan fingerprint density at radius 2 is 2.00 bits per heavy atom. The molecule has 0 aliphatic carbocycles. The Morgan fingerprint density at radius 1 is 1.23 bits per heavy atom. The number of hydrogen-bond acceptors (Lipinski definition) is 5. The number of furan rings is 1. The Bertz CT molecular complexity index is 963. The number of aromatic nitrogens is 1. The number of nitrogens with zero attached hydrogens (tertiary/aromatic N) is 2. The van der Waals surface area contributed by atoms with Gasteiger partial charge in [0.25, 0.3) is 5.91 Å². The lowest BCUT2D eigenvalue weighted by atomic mass is 10.1. The van der Waals surface area contributed by atoms with Crippen molar-refractivity contribution in [2.45, 2.75) is 38.6 Å². The Balaban J connectivity index is 1.42. The molecule has 7 heteroatoms. The first kappa shape index (κ1) is 20.8. The van der Waals surface area contributed by atoms with Gasteiger partial charge in [0, 0.05) is 13.0 Å². The molecule has 0 bridgehead atoms. The van der Waals surface area contributed by atoms with Crippen molar-refractivity contribution in [3.8, 4) is 0 Å². The second-order valence-electron chi connectivity index (χ2n) is 7.66. The van der Waals surface area contributed by atoms with Crippen LogP contribution >= 0.6 is 11.3 Å². The van der Waals surface area contributed by atoms with Crippen molar-refractivity contribution in [1.29, 1.82) is 0 Å². The van der Waals surface area contributed by atoms with Gasteiger partial charge in [0.2, 0.25) is 0 Å². The molecule has 1 fully saturated rings. The van der Waals surface area contributed by atoms with Crippen LogP contribution in [0.15, 0.2) is 47.1 Å². The minimum atomic E-state index is -0.256. The summed E-state index contributed by atoms with van der Waals surface area (Å²) in [5, 5.41) is 3.94. The highest BCUT2D eigenvalue weighted by Crippen LogP contribution is 2.25. The molecule has 3 heterocycles. The van der Waals surface area contributed by atoms with Crippen molar-refractivity contribution < 1.29 is 13.6 Å². The van der Waals surface area contributed by atoms with E-state index in [-0.39, 0.29) is 17.8 Å². The van der Waals surface area contributed by atoms with Crippen LogP contribution in [0.2, 0.25) is 0 Å². The zero-order chi connectivity index (χ0) is 20.9. The van der Waals surface area contributed by atoms with Crippen molar-refractivity contribution in [3.05, 3.63) is 75.4 Å². The van der Waals surface area contributed by atoms with E-state index < -0.39 is 0 Å². The number of thiazole rings is 1. The van der Waals surface area contributed by atoms with Gasteiger partial charge in [-0.25, -0.2) is 9.37 Å². The van der Waals surface area contributed by atoms with E-state index in [1.165, 1.54) is 42.7 Å². The highest BCUT2D eigenvalue weighted by Gasteiger charge is 2.26. The zero-order valence-electron chi connectivity index (χ0n) is 17.1. The summed E-state index contributed by atoms with van der Waals surface area (Å²) in [5.41, 5.74) is 1.70.